The molecule has 58 heavy (non-hydrogen) atoms. The summed E-state index contributed by atoms with van der Waals surface area (Å²) in [5, 5.41) is 16.0. The van der Waals surface area contributed by atoms with E-state index in [0.29, 0.717) is 56.0 Å². The maximum atomic E-state index is 13.8. The van der Waals surface area contributed by atoms with Gasteiger partial charge in [0.15, 0.2) is 11.6 Å². The molecule has 3 aliphatic carbocycles. The number of rotatable bonds is 12. The van der Waals surface area contributed by atoms with Gasteiger partial charge in [0, 0.05) is 62.7 Å². The van der Waals surface area contributed by atoms with Crippen LogP contribution in [0.15, 0.2) is 36.4 Å². The highest BCUT2D eigenvalue weighted by molar-refractivity contribution is 6.40. The maximum Gasteiger partial charge on any atom is 0.306 e. The molecule has 2 fully saturated rings. The molecule has 2 aromatic heterocycles. The summed E-state index contributed by atoms with van der Waals surface area (Å²) in [5.74, 6) is 1.36. The second kappa shape index (κ2) is 17.6. The first-order valence-corrected chi connectivity index (χ1v) is 22.0. The molecule has 4 aliphatic rings. The van der Waals surface area contributed by atoms with Crippen LogP contribution in [0.3, 0.4) is 0 Å². The van der Waals surface area contributed by atoms with E-state index in [1.165, 1.54) is 32.1 Å². The number of carboxylic acid groups (broad SMARTS) is 1. The molecule has 2 aromatic carbocycles. The number of carbonyl (C=O) groups excluding carboxylic acids is 2. The minimum atomic E-state index is -0.637. The van der Waals surface area contributed by atoms with Gasteiger partial charge in [0.25, 0.3) is 11.8 Å². The molecule has 0 radical (unpaired) electrons. The number of benzene rings is 2. The summed E-state index contributed by atoms with van der Waals surface area (Å²) < 4.78 is 3.84. The van der Waals surface area contributed by atoms with E-state index < -0.39 is 5.97 Å². The molecule has 11 nitrogen and oxygen atoms in total. The van der Waals surface area contributed by atoms with Crippen LogP contribution >= 0.6 is 23.2 Å². The standard InChI is InChI=1S/C45H55Cl2N7O4/c1-52-37-22-19-27(7-3-8-28-17-20-30(21-18-28)45(57)58)9-4-12-33(37)48-41(52)43(55)50-34-13-5-10-31(39(34)46)32-11-6-14-35(40(32)47)51-44(56)42-49-36-26-54(25-29-15-16-29)24-23-38(36)53(42)2/h5-6,10-11,13-14,27-30H,3-4,7-9,12,15-26H2,1-2H3,(H,50,55)(H,51,56)(H,57,58)/t27?,28-,30-. The highest BCUT2D eigenvalue weighted by Gasteiger charge is 2.31. The fraction of sp³-hybridized carbons (Fsp3) is 0.533. The lowest BCUT2D eigenvalue weighted by Crippen LogP contribution is -2.32. The van der Waals surface area contributed by atoms with Crippen LogP contribution in [-0.4, -0.2) is 60.0 Å². The Hall–Kier alpha value is -4.19. The van der Waals surface area contributed by atoms with Gasteiger partial charge < -0.3 is 24.9 Å². The normalized spacial score (nSPS) is 21.1. The number of nitrogens with one attached hydrogen (secondary N) is 2. The van der Waals surface area contributed by atoms with E-state index in [1.807, 2.05) is 47.5 Å². The number of halogens is 2. The number of carboxylic acids is 1. The van der Waals surface area contributed by atoms with Gasteiger partial charge in [0.05, 0.1) is 38.7 Å². The number of imidazole rings is 2. The summed E-state index contributed by atoms with van der Waals surface area (Å²) in [7, 11) is 3.82. The molecule has 4 aromatic rings. The molecule has 3 heterocycles. The van der Waals surface area contributed by atoms with Crippen molar-refractivity contribution in [3.8, 4) is 11.1 Å². The summed E-state index contributed by atoms with van der Waals surface area (Å²) in [6, 6.07) is 10.9. The summed E-state index contributed by atoms with van der Waals surface area (Å²) >= 11 is 14.0. The smallest absolute Gasteiger partial charge is 0.306 e. The van der Waals surface area contributed by atoms with Crippen LogP contribution in [-0.2, 0) is 44.7 Å². The number of aromatic nitrogens is 4. The van der Waals surface area contributed by atoms with Gasteiger partial charge in [-0.25, -0.2) is 9.97 Å². The number of hydrogen-bond acceptors (Lipinski definition) is 6. The van der Waals surface area contributed by atoms with Gasteiger partial charge in [-0.2, -0.15) is 0 Å². The fourth-order valence-corrected chi connectivity index (χ4v) is 10.2. The van der Waals surface area contributed by atoms with Crippen molar-refractivity contribution in [3.63, 3.8) is 0 Å². The Bertz CT molecular complexity index is 2180. The van der Waals surface area contributed by atoms with Gasteiger partial charge in [-0.05, 0) is 94.1 Å². The Balaban J connectivity index is 0.900. The van der Waals surface area contributed by atoms with Gasteiger partial charge in [0.1, 0.15) is 0 Å². The summed E-state index contributed by atoms with van der Waals surface area (Å²) in [5.41, 5.74) is 6.30. The van der Waals surface area contributed by atoms with E-state index in [9.17, 15) is 19.5 Å². The molecule has 3 N–H and O–H groups in total. The largest absolute Gasteiger partial charge is 0.481 e. The summed E-state index contributed by atoms with van der Waals surface area (Å²) in [6.45, 7) is 2.84. The molecule has 2 saturated carbocycles. The van der Waals surface area contributed by atoms with Crippen LogP contribution in [0.1, 0.15) is 121 Å². The molecule has 1 unspecified atom stereocenters. The molecular weight excluding hydrogens is 773 g/mol. The van der Waals surface area contributed by atoms with Crippen LogP contribution in [0, 0.1) is 23.7 Å². The van der Waals surface area contributed by atoms with Gasteiger partial charge in [-0.1, -0.05) is 73.2 Å². The Kier molecular flexibility index (Phi) is 12.3. The van der Waals surface area contributed by atoms with E-state index >= 15 is 0 Å². The second-order valence-corrected chi connectivity index (χ2v) is 18.0. The number of fused-ring (bicyclic) bond motifs is 2. The molecule has 8 rings (SSSR count). The Morgan fingerprint density at radius 3 is 1.84 bits per heavy atom. The first kappa shape index (κ1) is 40.6. The third kappa shape index (κ3) is 8.87. The van der Waals surface area contributed by atoms with E-state index in [-0.39, 0.29) is 17.7 Å². The monoisotopic (exact) mass is 827 g/mol. The zero-order chi connectivity index (χ0) is 40.5. The number of hydrogen-bond donors (Lipinski definition) is 3. The van der Waals surface area contributed by atoms with Crippen molar-refractivity contribution in [2.24, 2.45) is 37.8 Å². The molecule has 308 valence electrons. The van der Waals surface area contributed by atoms with E-state index in [0.717, 1.165) is 113 Å². The Morgan fingerprint density at radius 1 is 0.707 bits per heavy atom. The van der Waals surface area contributed by atoms with Gasteiger partial charge in [-0.3, -0.25) is 19.3 Å². The molecule has 1 aliphatic heterocycles. The van der Waals surface area contributed by atoms with Gasteiger partial charge >= 0.3 is 5.97 Å². The van der Waals surface area contributed by atoms with Crippen molar-refractivity contribution >= 4 is 52.4 Å². The highest BCUT2D eigenvalue weighted by Crippen LogP contribution is 2.41. The fourth-order valence-electron chi connectivity index (χ4n) is 9.67. The lowest BCUT2D eigenvalue weighted by molar-refractivity contribution is -0.143. The molecule has 2 amide bonds. The van der Waals surface area contributed by atoms with Gasteiger partial charge in [-0.15, -0.1) is 0 Å². The van der Waals surface area contributed by atoms with E-state index in [4.69, 9.17) is 33.2 Å². The topological polar surface area (TPSA) is 134 Å². The lowest BCUT2D eigenvalue weighted by Gasteiger charge is -2.27. The van der Waals surface area contributed by atoms with Crippen LogP contribution in [0.4, 0.5) is 11.4 Å². The second-order valence-electron chi connectivity index (χ2n) is 17.2. The van der Waals surface area contributed by atoms with Crippen molar-refractivity contribution in [2.45, 2.75) is 103 Å². The third-order valence-electron chi connectivity index (χ3n) is 13.3. The highest BCUT2D eigenvalue weighted by atomic mass is 35.5. The number of amides is 2. The number of anilines is 2. The average molecular weight is 829 g/mol. The van der Waals surface area contributed by atoms with E-state index in [2.05, 4.69) is 15.5 Å². The molecule has 0 spiro atoms. The quantitative estimate of drug-likeness (QED) is 0.130. The Morgan fingerprint density at radius 2 is 1.26 bits per heavy atom. The SMILES string of the molecule is Cn1c(C(=O)Nc2cccc(-c3cccc(NC(=O)c4nc5c(n4C)CCN(CC4CC4)C5)c3Cl)c2Cl)nc2c1CCC(CCC[C@H]1CC[C@H](C(=O)O)CC1)CCC2. The number of carbonyl (C=O) groups is 3. The minimum Gasteiger partial charge on any atom is -0.481 e. The lowest BCUT2D eigenvalue weighted by atomic mass is 9.79. The summed E-state index contributed by atoms with van der Waals surface area (Å²) in [4.78, 5) is 50.8. The Labute approximate surface area is 350 Å². The first-order valence-electron chi connectivity index (χ1n) is 21.3. The zero-order valence-electron chi connectivity index (χ0n) is 33.7. The van der Waals surface area contributed by atoms with Crippen molar-refractivity contribution in [1.82, 2.24) is 24.0 Å². The van der Waals surface area contributed by atoms with Crippen molar-refractivity contribution in [2.75, 3.05) is 23.7 Å². The zero-order valence-corrected chi connectivity index (χ0v) is 35.2. The van der Waals surface area contributed by atoms with Crippen molar-refractivity contribution in [3.05, 3.63) is 80.9 Å². The predicted octanol–water partition coefficient (Wildman–Crippen LogP) is 9.35. The molecule has 13 heteroatoms. The van der Waals surface area contributed by atoms with Crippen molar-refractivity contribution < 1.29 is 19.5 Å². The molecule has 1 atom stereocenters. The maximum absolute atomic E-state index is 13.8. The molecule has 0 bridgehead atoms. The number of aryl methyl sites for hydroxylation is 1. The minimum absolute atomic E-state index is 0.152. The van der Waals surface area contributed by atoms with Crippen molar-refractivity contribution in [1.29, 1.82) is 0 Å². The third-order valence-corrected chi connectivity index (χ3v) is 14.1. The molecule has 0 saturated heterocycles. The number of aliphatic carboxylic acids is 1. The molecular formula is C45H55Cl2N7O4. The predicted molar refractivity (Wildman–Crippen MR) is 228 cm³/mol. The summed E-state index contributed by atoms with van der Waals surface area (Å²) in [6.07, 6.45) is 15.7. The number of nitrogens with zero attached hydrogens (tertiary/aromatic N) is 5. The first-order chi connectivity index (χ1) is 28.0. The van der Waals surface area contributed by atoms with Crippen LogP contribution in [0.2, 0.25) is 10.0 Å². The average Bonchev–Trinajstić information content (AvgIpc) is 3.88. The van der Waals surface area contributed by atoms with Crippen LogP contribution < -0.4 is 10.6 Å². The van der Waals surface area contributed by atoms with Gasteiger partial charge in [0.2, 0.25) is 0 Å². The van der Waals surface area contributed by atoms with Crippen LogP contribution in [0.5, 0.6) is 0 Å². The van der Waals surface area contributed by atoms with Crippen LogP contribution in [0.25, 0.3) is 11.1 Å². The van der Waals surface area contributed by atoms with E-state index in [1.54, 1.807) is 12.1 Å².